The standard InChI is InChI=1S/C17H24N4O2.ClH/c1-17(2,3)16-20-15(23-21-16)13-9-5-4-8-12(13)14(22)19-11-7-6-10-18;/h4-5,8-9H,6-7,10-11,18H2,1-3H3,(H,19,22);1H. The molecular weight excluding hydrogens is 328 g/mol. The number of nitrogens with two attached hydrogens (primary N) is 1. The molecule has 0 unspecified atom stereocenters. The number of hydrogen-bond donors (Lipinski definition) is 2. The van der Waals surface area contributed by atoms with Crippen LogP contribution in [0, 0.1) is 0 Å². The Labute approximate surface area is 148 Å². The molecule has 0 spiro atoms. The van der Waals surface area contributed by atoms with Crippen molar-refractivity contribution in [3.63, 3.8) is 0 Å². The molecule has 1 aromatic carbocycles. The van der Waals surface area contributed by atoms with Gasteiger partial charge in [-0.3, -0.25) is 4.79 Å². The van der Waals surface area contributed by atoms with Gasteiger partial charge in [-0.2, -0.15) is 4.98 Å². The zero-order valence-corrected chi connectivity index (χ0v) is 15.2. The van der Waals surface area contributed by atoms with Gasteiger partial charge in [-0.25, -0.2) is 0 Å². The molecule has 132 valence electrons. The molecule has 1 aromatic heterocycles. The second-order valence-corrected chi connectivity index (χ2v) is 6.47. The first kappa shape index (κ1) is 20.1. The topological polar surface area (TPSA) is 94.0 Å². The van der Waals surface area contributed by atoms with Crippen LogP contribution >= 0.6 is 12.4 Å². The number of carbonyl (C=O) groups is 1. The predicted molar refractivity (Wildman–Crippen MR) is 96.3 cm³/mol. The number of nitrogens with one attached hydrogen (secondary N) is 1. The molecule has 0 saturated heterocycles. The molecule has 2 aromatic rings. The third-order valence-corrected chi connectivity index (χ3v) is 3.42. The fourth-order valence-electron chi connectivity index (χ4n) is 2.07. The zero-order chi connectivity index (χ0) is 16.9. The van der Waals surface area contributed by atoms with Crippen LogP contribution in [0.15, 0.2) is 28.8 Å². The Morgan fingerprint density at radius 1 is 1.25 bits per heavy atom. The Kier molecular flexibility index (Phi) is 7.38. The monoisotopic (exact) mass is 352 g/mol. The van der Waals surface area contributed by atoms with Gasteiger partial charge in [-0.1, -0.05) is 38.1 Å². The number of halogens is 1. The van der Waals surface area contributed by atoms with E-state index in [4.69, 9.17) is 10.3 Å². The van der Waals surface area contributed by atoms with Crippen LogP contribution in [0.5, 0.6) is 0 Å². The summed E-state index contributed by atoms with van der Waals surface area (Å²) in [5.74, 6) is 0.835. The van der Waals surface area contributed by atoms with Gasteiger partial charge in [0.1, 0.15) is 0 Å². The highest BCUT2D eigenvalue weighted by Crippen LogP contribution is 2.26. The molecule has 0 aliphatic carbocycles. The van der Waals surface area contributed by atoms with E-state index in [2.05, 4.69) is 15.5 Å². The minimum Gasteiger partial charge on any atom is -0.352 e. The lowest BCUT2D eigenvalue weighted by atomic mass is 9.96. The van der Waals surface area contributed by atoms with Crippen molar-refractivity contribution >= 4 is 18.3 Å². The van der Waals surface area contributed by atoms with E-state index in [1.54, 1.807) is 6.07 Å². The largest absolute Gasteiger partial charge is 0.352 e. The van der Waals surface area contributed by atoms with Crippen LogP contribution in [0.4, 0.5) is 0 Å². The third kappa shape index (κ3) is 5.04. The van der Waals surface area contributed by atoms with Crippen LogP contribution in [0.25, 0.3) is 11.5 Å². The number of hydrogen-bond acceptors (Lipinski definition) is 5. The number of aromatic nitrogens is 2. The minimum absolute atomic E-state index is 0. The van der Waals surface area contributed by atoms with Crippen molar-refractivity contribution in [1.82, 2.24) is 15.5 Å². The predicted octanol–water partition coefficient (Wildman–Crippen LogP) is 2.92. The van der Waals surface area contributed by atoms with E-state index in [-0.39, 0.29) is 23.7 Å². The van der Waals surface area contributed by atoms with E-state index in [9.17, 15) is 4.79 Å². The number of nitrogens with zero attached hydrogens (tertiary/aromatic N) is 2. The van der Waals surface area contributed by atoms with Gasteiger partial charge < -0.3 is 15.6 Å². The van der Waals surface area contributed by atoms with E-state index in [0.717, 1.165) is 12.8 Å². The maximum absolute atomic E-state index is 12.4. The highest BCUT2D eigenvalue weighted by molar-refractivity contribution is 5.99. The van der Waals surface area contributed by atoms with Gasteiger partial charge in [0.25, 0.3) is 11.8 Å². The maximum Gasteiger partial charge on any atom is 0.258 e. The van der Waals surface area contributed by atoms with Gasteiger partial charge in [0.2, 0.25) is 0 Å². The van der Waals surface area contributed by atoms with Crippen LogP contribution in [-0.2, 0) is 5.41 Å². The first-order valence-corrected chi connectivity index (χ1v) is 7.85. The molecule has 1 amide bonds. The molecule has 6 nitrogen and oxygen atoms in total. The van der Waals surface area contributed by atoms with Crippen LogP contribution in [0.1, 0.15) is 49.8 Å². The Morgan fingerprint density at radius 2 is 1.96 bits per heavy atom. The van der Waals surface area contributed by atoms with Crippen molar-refractivity contribution in [1.29, 1.82) is 0 Å². The van der Waals surface area contributed by atoms with Crippen LogP contribution in [0.3, 0.4) is 0 Å². The molecule has 3 N–H and O–H groups in total. The van der Waals surface area contributed by atoms with Crippen LogP contribution in [-0.4, -0.2) is 29.1 Å². The Morgan fingerprint density at radius 3 is 2.58 bits per heavy atom. The van der Waals surface area contributed by atoms with Crippen molar-refractivity contribution in [2.24, 2.45) is 5.73 Å². The first-order valence-electron chi connectivity index (χ1n) is 7.85. The number of amides is 1. The Balaban J connectivity index is 0.00000288. The van der Waals surface area contributed by atoms with E-state index >= 15 is 0 Å². The molecule has 0 radical (unpaired) electrons. The molecule has 0 aliphatic heterocycles. The first-order chi connectivity index (χ1) is 10.9. The average Bonchev–Trinajstić information content (AvgIpc) is 3.01. The summed E-state index contributed by atoms with van der Waals surface area (Å²) in [5, 5.41) is 6.92. The molecule has 0 fully saturated rings. The van der Waals surface area contributed by atoms with Crippen molar-refractivity contribution in [2.75, 3.05) is 13.1 Å². The normalized spacial score (nSPS) is 11.0. The second-order valence-electron chi connectivity index (χ2n) is 6.47. The summed E-state index contributed by atoms with van der Waals surface area (Å²) in [6, 6.07) is 7.24. The molecule has 0 aliphatic rings. The van der Waals surface area contributed by atoms with Gasteiger partial charge in [-0.15, -0.1) is 12.4 Å². The van der Waals surface area contributed by atoms with E-state index < -0.39 is 0 Å². The average molecular weight is 353 g/mol. The van der Waals surface area contributed by atoms with Crippen molar-refractivity contribution < 1.29 is 9.32 Å². The van der Waals surface area contributed by atoms with Gasteiger partial charge in [0, 0.05) is 12.0 Å². The highest BCUT2D eigenvalue weighted by Gasteiger charge is 2.23. The molecular formula is C17H25ClN4O2. The van der Waals surface area contributed by atoms with Gasteiger partial charge in [0.05, 0.1) is 11.1 Å². The summed E-state index contributed by atoms with van der Waals surface area (Å²) in [5.41, 5.74) is 6.42. The summed E-state index contributed by atoms with van der Waals surface area (Å²) in [4.78, 5) is 16.8. The minimum atomic E-state index is -0.207. The lowest BCUT2D eigenvalue weighted by molar-refractivity contribution is 0.0953. The lowest BCUT2D eigenvalue weighted by Crippen LogP contribution is -2.25. The molecule has 24 heavy (non-hydrogen) atoms. The fourth-order valence-corrected chi connectivity index (χ4v) is 2.07. The lowest BCUT2D eigenvalue weighted by Gasteiger charge is -2.11. The highest BCUT2D eigenvalue weighted by atomic mass is 35.5. The van der Waals surface area contributed by atoms with Crippen molar-refractivity contribution in [2.45, 2.75) is 39.0 Å². The maximum atomic E-state index is 12.4. The number of carbonyl (C=O) groups excluding carboxylic acids is 1. The zero-order valence-electron chi connectivity index (χ0n) is 14.3. The SMILES string of the molecule is CC(C)(C)c1noc(-c2ccccc2C(=O)NCCCCN)n1.Cl. The molecule has 7 heteroatoms. The number of benzene rings is 1. The molecule has 2 rings (SSSR count). The molecule has 0 bridgehead atoms. The Bertz CT molecular complexity index is 665. The number of unbranched alkanes of at least 4 members (excludes halogenated alkanes) is 1. The quantitative estimate of drug-likeness (QED) is 0.779. The smallest absolute Gasteiger partial charge is 0.258 e. The van der Waals surface area contributed by atoms with E-state index in [1.807, 2.05) is 39.0 Å². The summed E-state index contributed by atoms with van der Waals surface area (Å²) in [7, 11) is 0. The molecule has 0 atom stereocenters. The summed E-state index contributed by atoms with van der Waals surface area (Å²) in [6.07, 6.45) is 1.75. The van der Waals surface area contributed by atoms with Crippen LogP contribution in [0.2, 0.25) is 0 Å². The fraction of sp³-hybridized carbons (Fsp3) is 0.471. The van der Waals surface area contributed by atoms with E-state index in [1.165, 1.54) is 0 Å². The van der Waals surface area contributed by atoms with Crippen LogP contribution < -0.4 is 11.1 Å². The van der Waals surface area contributed by atoms with Gasteiger partial charge >= 0.3 is 0 Å². The summed E-state index contributed by atoms with van der Waals surface area (Å²) < 4.78 is 5.35. The summed E-state index contributed by atoms with van der Waals surface area (Å²) in [6.45, 7) is 7.26. The van der Waals surface area contributed by atoms with E-state index in [0.29, 0.717) is 35.9 Å². The number of rotatable bonds is 6. The molecule has 1 heterocycles. The third-order valence-electron chi connectivity index (χ3n) is 3.42. The molecule has 0 saturated carbocycles. The van der Waals surface area contributed by atoms with Crippen molar-refractivity contribution in [3.8, 4) is 11.5 Å². The Hall–Kier alpha value is -1.92. The van der Waals surface area contributed by atoms with Crippen molar-refractivity contribution in [3.05, 3.63) is 35.7 Å². The van der Waals surface area contributed by atoms with Gasteiger partial charge in [0.15, 0.2) is 5.82 Å². The second kappa shape index (κ2) is 8.80. The summed E-state index contributed by atoms with van der Waals surface area (Å²) >= 11 is 0. The van der Waals surface area contributed by atoms with Gasteiger partial charge in [-0.05, 0) is 31.5 Å².